The molecule has 1 aromatic heterocycles. The average Bonchev–Trinajstić information content (AvgIpc) is 1.90. The van der Waals surface area contributed by atoms with Gasteiger partial charge in [0.2, 0.25) is 0 Å². The van der Waals surface area contributed by atoms with E-state index in [1.165, 1.54) is 0 Å². The fourth-order valence-electron chi connectivity index (χ4n) is 0.623. The van der Waals surface area contributed by atoms with E-state index in [2.05, 4.69) is 0 Å². The molecule has 1 aromatic rings. The molecule has 0 spiro atoms. The summed E-state index contributed by atoms with van der Waals surface area (Å²) in [5, 5.41) is 0. The molecule has 0 amide bonds. The largest absolute Gasteiger partial charge is 0.496 e. The molecule has 56 valence electrons. The standard InChI is InChI=1S/C7H10NO.HI/c1-8-5-3-7(9-2)4-6-8;/h3-6H,1-2H3;1H/q+1;. The maximum atomic E-state index is 4.96. The van der Waals surface area contributed by atoms with E-state index < -0.39 is 0 Å². The van der Waals surface area contributed by atoms with E-state index in [-0.39, 0.29) is 24.0 Å². The Kier molecular flexibility index (Phi) is 4.34. The van der Waals surface area contributed by atoms with Gasteiger partial charge in [0.25, 0.3) is 0 Å². The van der Waals surface area contributed by atoms with Crippen LogP contribution in [-0.2, 0) is 7.05 Å². The van der Waals surface area contributed by atoms with Gasteiger partial charge in [-0.25, -0.2) is 4.57 Å². The van der Waals surface area contributed by atoms with Crippen LogP contribution < -0.4 is 9.30 Å². The highest BCUT2D eigenvalue weighted by atomic mass is 127. The first kappa shape index (κ1) is 9.68. The van der Waals surface area contributed by atoms with Crippen molar-refractivity contribution in [1.29, 1.82) is 0 Å². The van der Waals surface area contributed by atoms with Crippen molar-refractivity contribution in [3.8, 4) is 5.75 Å². The van der Waals surface area contributed by atoms with Gasteiger partial charge in [0.1, 0.15) is 12.8 Å². The van der Waals surface area contributed by atoms with Crippen molar-refractivity contribution < 1.29 is 9.30 Å². The third kappa shape index (κ3) is 2.51. The molecule has 3 heteroatoms. The first-order valence-corrected chi connectivity index (χ1v) is 2.82. The Morgan fingerprint density at radius 3 is 2.20 bits per heavy atom. The predicted octanol–water partition coefficient (Wildman–Crippen LogP) is 1.14. The molecule has 0 radical (unpaired) electrons. The van der Waals surface area contributed by atoms with Crippen molar-refractivity contribution in [2.45, 2.75) is 0 Å². The van der Waals surface area contributed by atoms with Crippen LogP contribution in [0.2, 0.25) is 0 Å². The highest BCUT2D eigenvalue weighted by molar-refractivity contribution is 14.0. The molecular formula is C7H11INO+. The van der Waals surface area contributed by atoms with E-state index in [1.54, 1.807) is 7.11 Å². The minimum Gasteiger partial charge on any atom is -0.496 e. The zero-order valence-corrected chi connectivity index (χ0v) is 8.40. The maximum Gasteiger partial charge on any atom is 0.172 e. The minimum atomic E-state index is 0. The van der Waals surface area contributed by atoms with E-state index in [0.717, 1.165) is 5.75 Å². The SMILES string of the molecule is COc1cc[n+](C)cc1.I. The number of rotatable bonds is 1. The zero-order valence-electron chi connectivity index (χ0n) is 6.07. The molecule has 0 aliphatic carbocycles. The lowest BCUT2D eigenvalue weighted by Crippen LogP contribution is -2.25. The summed E-state index contributed by atoms with van der Waals surface area (Å²) < 4.78 is 6.92. The van der Waals surface area contributed by atoms with Crippen LogP contribution in [0.25, 0.3) is 0 Å². The second-order valence-electron chi connectivity index (χ2n) is 1.90. The van der Waals surface area contributed by atoms with Crippen LogP contribution in [0.15, 0.2) is 24.5 Å². The number of pyridine rings is 1. The molecular weight excluding hydrogens is 241 g/mol. The first-order valence-electron chi connectivity index (χ1n) is 2.82. The van der Waals surface area contributed by atoms with E-state index in [9.17, 15) is 0 Å². The number of nitrogens with zero attached hydrogens (tertiary/aromatic N) is 1. The Bertz CT molecular complexity index is 185. The third-order valence-corrected chi connectivity index (χ3v) is 1.18. The normalized spacial score (nSPS) is 8.20. The van der Waals surface area contributed by atoms with Gasteiger partial charge in [-0.15, -0.1) is 24.0 Å². The number of hydrogen-bond donors (Lipinski definition) is 0. The lowest BCUT2D eigenvalue weighted by atomic mass is 10.4. The Morgan fingerprint density at radius 2 is 1.80 bits per heavy atom. The summed E-state index contributed by atoms with van der Waals surface area (Å²) in [6.07, 6.45) is 3.89. The molecule has 0 saturated carbocycles. The molecule has 0 fully saturated rings. The molecule has 0 atom stereocenters. The molecule has 0 unspecified atom stereocenters. The van der Waals surface area contributed by atoms with Crippen LogP contribution >= 0.6 is 24.0 Å². The summed E-state index contributed by atoms with van der Waals surface area (Å²) in [6.45, 7) is 0. The van der Waals surface area contributed by atoms with Gasteiger partial charge < -0.3 is 4.74 Å². The van der Waals surface area contributed by atoms with E-state index in [4.69, 9.17) is 4.74 Å². The average molecular weight is 252 g/mol. The second-order valence-corrected chi connectivity index (χ2v) is 1.90. The fraction of sp³-hybridized carbons (Fsp3) is 0.286. The van der Waals surface area contributed by atoms with Gasteiger partial charge in [0, 0.05) is 12.1 Å². The van der Waals surface area contributed by atoms with Gasteiger partial charge in [0.05, 0.1) is 7.11 Å². The van der Waals surface area contributed by atoms with Crippen molar-refractivity contribution in [1.82, 2.24) is 0 Å². The van der Waals surface area contributed by atoms with Crippen LogP contribution in [0, 0.1) is 0 Å². The van der Waals surface area contributed by atoms with Gasteiger partial charge in [-0.3, -0.25) is 0 Å². The van der Waals surface area contributed by atoms with Crippen LogP contribution in [0.3, 0.4) is 0 Å². The van der Waals surface area contributed by atoms with Gasteiger partial charge in [-0.05, 0) is 0 Å². The summed E-state index contributed by atoms with van der Waals surface area (Å²) >= 11 is 0. The number of aryl methyl sites for hydroxylation is 1. The van der Waals surface area contributed by atoms with Gasteiger partial charge in [0.15, 0.2) is 12.4 Å². The molecule has 2 nitrogen and oxygen atoms in total. The molecule has 1 heterocycles. The molecule has 0 saturated heterocycles. The lowest BCUT2D eigenvalue weighted by molar-refractivity contribution is -0.671. The quantitative estimate of drug-likeness (QED) is 0.539. The zero-order chi connectivity index (χ0) is 6.69. The van der Waals surface area contributed by atoms with E-state index in [0.29, 0.717) is 0 Å². The van der Waals surface area contributed by atoms with E-state index >= 15 is 0 Å². The summed E-state index contributed by atoms with van der Waals surface area (Å²) in [7, 11) is 3.63. The van der Waals surface area contributed by atoms with Crippen molar-refractivity contribution in [2.75, 3.05) is 7.11 Å². The highest BCUT2D eigenvalue weighted by Crippen LogP contribution is 2.02. The topological polar surface area (TPSA) is 13.1 Å². The lowest BCUT2D eigenvalue weighted by Gasteiger charge is -1.93. The Morgan fingerprint density at radius 1 is 1.30 bits per heavy atom. The number of hydrogen-bond acceptors (Lipinski definition) is 1. The van der Waals surface area contributed by atoms with Crippen LogP contribution in [0.1, 0.15) is 0 Å². The van der Waals surface area contributed by atoms with Crippen LogP contribution in [0.4, 0.5) is 0 Å². The molecule has 0 aromatic carbocycles. The number of halogens is 1. The maximum absolute atomic E-state index is 4.96. The highest BCUT2D eigenvalue weighted by Gasteiger charge is 1.91. The van der Waals surface area contributed by atoms with E-state index in [1.807, 2.05) is 36.1 Å². The number of aromatic nitrogens is 1. The Balaban J connectivity index is 0.000000810. The molecule has 10 heavy (non-hydrogen) atoms. The fourth-order valence-corrected chi connectivity index (χ4v) is 0.623. The second kappa shape index (κ2) is 4.49. The molecule has 0 aliphatic heterocycles. The Labute approximate surface area is 77.8 Å². The minimum absolute atomic E-state index is 0. The van der Waals surface area contributed by atoms with Crippen LogP contribution in [-0.4, -0.2) is 7.11 Å². The molecule has 0 aliphatic rings. The number of ether oxygens (including phenoxy) is 1. The molecule has 1 rings (SSSR count). The molecule has 0 N–H and O–H groups in total. The number of methoxy groups -OCH3 is 1. The summed E-state index contributed by atoms with van der Waals surface area (Å²) in [4.78, 5) is 0. The van der Waals surface area contributed by atoms with Crippen molar-refractivity contribution in [2.24, 2.45) is 7.05 Å². The Hall–Kier alpha value is -0.320. The predicted molar refractivity (Wildman–Crippen MR) is 49.6 cm³/mol. The van der Waals surface area contributed by atoms with Gasteiger partial charge >= 0.3 is 0 Å². The summed E-state index contributed by atoms with van der Waals surface area (Å²) in [5.41, 5.74) is 0. The van der Waals surface area contributed by atoms with Crippen LogP contribution in [0.5, 0.6) is 5.75 Å². The first-order chi connectivity index (χ1) is 4.33. The van der Waals surface area contributed by atoms with Crippen molar-refractivity contribution >= 4 is 24.0 Å². The monoisotopic (exact) mass is 252 g/mol. The molecule has 0 bridgehead atoms. The third-order valence-electron chi connectivity index (χ3n) is 1.18. The smallest absolute Gasteiger partial charge is 0.172 e. The summed E-state index contributed by atoms with van der Waals surface area (Å²) in [5.74, 6) is 0.896. The van der Waals surface area contributed by atoms with Gasteiger partial charge in [-0.2, -0.15) is 0 Å². The van der Waals surface area contributed by atoms with Crippen molar-refractivity contribution in [3.05, 3.63) is 24.5 Å². The van der Waals surface area contributed by atoms with Gasteiger partial charge in [-0.1, -0.05) is 0 Å². The summed E-state index contributed by atoms with van der Waals surface area (Å²) in [6, 6.07) is 3.83. The van der Waals surface area contributed by atoms with Crippen molar-refractivity contribution in [3.63, 3.8) is 0 Å².